The van der Waals surface area contributed by atoms with Gasteiger partial charge in [0.1, 0.15) is 12.4 Å². The van der Waals surface area contributed by atoms with E-state index in [1.54, 1.807) is 19.2 Å². The number of hydrogen-bond donors (Lipinski definition) is 1. The van der Waals surface area contributed by atoms with E-state index in [1.165, 1.54) is 17.0 Å². The maximum atomic E-state index is 13.0. The minimum Gasteiger partial charge on any atom is -0.337 e. The van der Waals surface area contributed by atoms with Gasteiger partial charge in [-0.25, -0.2) is 9.18 Å². The third kappa shape index (κ3) is 4.87. The highest BCUT2D eigenvalue weighted by Crippen LogP contribution is 2.16. The molecule has 0 fully saturated rings. The molecule has 0 saturated carbocycles. The quantitative estimate of drug-likeness (QED) is 0.676. The number of halogens is 1. The second-order valence-corrected chi connectivity index (χ2v) is 5.89. The number of carbonyl (C=O) groups is 1. The van der Waals surface area contributed by atoms with E-state index in [0.29, 0.717) is 23.1 Å². The zero-order valence-electron chi connectivity index (χ0n) is 15.0. The summed E-state index contributed by atoms with van der Waals surface area (Å²) in [5, 5.41) is 10.3. The molecule has 0 aliphatic rings. The van der Waals surface area contributed by atoms with E-state index in [2.05, 4.69) is 25.6 Å². The highest BCUT2D eigenvalue weighted by Gasteiger charge is 2.15. The summed E-state index contributed by atoms with van der Waals surface area (Å²) in [7, 11) is 1.61. The van der Waals surface area contributed by atoms with Gasteiger partial charge in [-0.15, -0.1) is 0 Å². The van der Waals surface area contributed by atoms with Crippen molar-refractivity contribution in [1.82, 2.24) is 30.5 Å². The fraction of sp³-hybridized carbons (Fsp3) is 0.353. The van der Waals surface area contributed by atoms with Crippen molar-refractivity contribution in [3.63, 3.8) is 0 Å². The van der Waals surface area contributed by atoms with E-state index < -0.39 is 0 Å². The Bertz CT molecular complexity index is 892. The molecule has 2 aromatic heterocycles. The summed E-state index contributed by atoms with van der Waals surface area (Å²) >= 11 is 0. The molecule has 0 bridgehead atoms. The van der Waals surface area contributed by atoms with Crippen LogP contribution in [0.5, 0.6) is 0 Å². The number of hydrogen-bond acceptors (Lipinski definition) is 7. The van der Waals surface area contributed by atoms with E-state index in [-0.39, 0.29) is 30.8 Å². The molecule has 142 valence electrons. The van der Waals surface area contributed by atoms with Crippen LogP contribution < -0.4 is 5.32 Å². The Labute approximate surface area is 154 Å². The van der Waals surface area contributed by atoms with Crippen LogP contribution in [0.3, 0.4) is 0 Å². The SMILES string of the molecule is CCCc1noc(CN(C)C(=O)NCc2nc(-c3ccc(F)cc3)no2)n1. The predicted molar refractivity (Wildman–Crippen MR) is 91.7 cm³/mol. The number of rotatable bonds is 7. The Kier molecular flexibility index (Phi) is 5.74. The van der Waals surface area contributed by atoms with Crippen LogP contribution in [0.15, 0.2) is 33.3 Å². The summed E-state index contributed by atoms with van der Waals surface area (Å²) in [5.41, 5.74) is 0.620. The first-order chi connectivity index (χ1) is 13.0. The first-order valence-corrected chi connectivity index (χ1v) is 8.44. The Morgan fingerprint density at radius 3 is 2.63 bits per heavy atom. The van der Waals surface area contributed by atoms with Gasteiger partial charge in [0.15, 0.2) is 5.82 Å². The Morgan fingerprint density at radius 2 is 1.89 bits per heavy atom. The minimum absolute atomic E-state index is 0.0578. The summed E-state index contributed by atoms with van der Waals surface area (Å²) in [5.74, 6) is 1.20. The van der Waals surface area contributed by atoms with Gasteiger partial charge in [-0.3, -0.25) is 0 Å². The molecule has 27 heavy (non-hydrogen) atoms. The van der Waals surface area contributed by atoms with Gasteiger partial charge in [-0.1, -0.05) is 17.2 Å². The molecule has 0 aliphatic heterocycles. The van der Waals surface area contributed by atoms with Crippen molar-refractivity contribution in [1.29, 1.82) is 0 Å². The lowest BCUT2D eigenvalue weighted by Gasteiger charge is -2.14. The number of aromatic nitrogens is 4. The third-order valence-corrected chi connectivity index (χ3v) is 3.66. The van der Waals surface area contributed by atoms with Crippen LogP contribution in [-0.4, -0.2) is 38.3 Å². The maximum absolute atomic E-state index is 13.0. The molecule has 1 N–H and O–H groups in total. The molecule has 0 spiro atoms. The summed E-state index contributed by atoms with van der Waals surface area (Å²) in [6.45, 7) is 2.27. The van der Waals surface area contributed by atoms with Crippen LogP contribution in [0.25, 0.3) is 11.4 Å². The fourth-order valence-electron chi connectivity index (χ4n) is 2.28. The van der Waals surface area contributed by atoms with E-state index in [9.17, 15) is 9.18 Å². The first kappa shape index (κ1) is 18.5. The number of nitrogens with one attached hydrogen (secondary N) is 1. The van der Waals surface area contributed by atoms with Gasteiger partial charge in [-0.2, -0.15) is 9.97 Å². The van der Waals surface area contributed by atoms with Crippen LogP contribution in [0.2, 0.25) is 0 Å². The van der Waals surface area contributed by atoms with Gasteiger partial charge in [0.2, 0.25) is 17.6 Å². The molecule has 0 aliphatic carbocycles. The van der Waals surface area contributed by atoms with Crippen LogP contribution in [0.1, 0.15) is 31.0 Å². The normalized spacial score (nSPS) is 10.8. The van der Waals surface area contributed by atoms with Gasteiger partial charge >= 0.3 is 6.03 Å². The number of aryl methyl sites for hydroxylation is 1. The molecule has 2 amide bonds. The smallest absolute Gasteiger partial charge is 0.318 e. The Morgan fingerprint density at radius 1 is 1.15 bits per heavy atom. The summed E-state index contributed by atoms with van der Waals surface area (Å²) < 4.78 is 23.2. The van der Waals surface area contributed by atoms with E-state index in [1.807, 2.05) is 6.92 Å². The number of amides is 2. The lowest BCUT2D eigenvalue weighted by molar-refractivity contribution is 0.197. The van der Waals surface area contributed by atoms with Crippen LogP contribution in [0, 0.1) is 5.82 Å². The molecular weight excluding hydrogens is 355 g/mol. The lowest BCUT2D eigenvalue weighted by Crippen LogP contribution is -2.36. The first-order valence-electron chi connectivity index (χ1n) is 8.44. The van der Waals surface area contributed by atoms with Crippen molar-refractivity contribution in [3.8, 4) is 11.4 Å². The van der Waals surface area contributed by atoms with Crippen molar-refractivity contribution >= 4 is 6.03 Å². The number of carbonyl (C=O) groups excluding carboxylic acids is 1. The summed E-state index contributed by atoms with van der Waals surface area (Å²) in [4.78, 5) is 22.0. The monoisotopic (exact) mass is 374 g/mol. The number of urea groups is 1. The van der Waals surface area contributed by atoms with Crippen molar-refractivity contribution in [3.05, 3.63) is 47.7 Å². The Balaban J connectivity index is 1.51. The second kappa shape index (κ2) is 8.39. The van der Waals surface area contributed by atoms with Gasteiger partial charge < -0.3 is 19.3 Å². The van der Waals surface area contributed by atoms with Gasteiger partial charge in [0.05, 0.1) is 6.54 Å². The highest BCUT2D eigenvalue weighted by atomic mass is 19.1. The fourth-order valence-corrected chi connectivity index (χ4v) is 2.28. The molecule has 0 unspecified atom stereocenters. The molecule has 0 radical (unpaired) electrons. The Hall–Kier alpha value is -3.30. The van der Waals surface area contributed by atoms with Crippen LogP contribution in [-0.2, 0) is 19.5 Å². The van der Waals surface area contributed by atoms with E-state index in [0.717, 1.165) is 12.8 Å². The van der Waals surface area contributed by atoms with Gasteiger partial charge in [0.25, 0.3) is 0 Å². The summed E-state index contributed by atoms with van der Waals surface area (Å²) in [6.07, 6.45) is 1.65. The zero-order chi connectivity index (χ0) is 19.2. The van der Waals surface area contributed by atoms with Crippen molar-refractivity contribution in [2.75, 3.05) is 7.05 Å². The largest absolute Gasteiger partial charge is 0.337 e. The average Bonchev–Trinajstić information content (AvgIpc) is 3.30. The second-order valence-electron chi connectivity index (χ2n) is 5.89. The number of benzene rings is 1. The standard InChI is InChI=1S/C17H19FN6O3/c1-3-4-13-20-15(27-22-13)10-24(2)17(25)19-9-14-21-16(23-26-14)11-5-7-12(18)8-6-11/h5-8H,3-4,9-10H2,1-2H3,(H,19,25). The van der Waals surface area contributed by atoms with E-state index >= 15 is 0 Å². The average molecular weight is 374 g/mol. The predicted octanol–water partition coefficient (Wildman–Crippen LogP) is 2.55. The molecule has 3 aromatic rings. The molecule has 9 nitrogen and oxygen atoms in total. The third-order valence-electron chi connectivity index (χ3n) is 3.66. The van der Waals surface area contributed by atoms with Crippen LogP contribution in [0.4, 0.5) is 9.18 Å². The van der Waals surface area contributed by atoms with E-state index in [4.69, 9.17) is 9.05 Å². The van der Waals surface area contributed by atoms with Gasteiger partial charge in [-0.05, 0) is 30.7 Å². The minimum atomic E-state index is -0.355. The van der Waals surface area contributed by atoms with Gasteiger partial charge in [0, 0.05) is 19.0 Å². The summed E-state index contributed by atoms with van der Waals surface area (Å²) in [6, 6.07) is 5.37. The molecule has 10 heteroatoms. The van der Waals surface area contributed by atoms with Crippen molar-refractivity contribution < 1.29 is 18.2 Å². The lowest BCUT2D eigenvalue weighted by atomic mass is 10.2. The number of nitrogens with zero attached hydrogens (tertiary/aromatic N) is 5. The molecule has 0 atom stereocenters. The molecule has 0 saturated heterocycles. The molecular formula is C17H19FN6O3. The van der Waals surface area contributed by atoms with Crippen molar-refractivity contribution in [2.45, 2.75) is 32.9 Å². The topological polar surface area (TPSA) is 110 Å². The zero-order valence-corrected chi connectivity index (χ0v) is 15.0. The highest BCUT2D eigenvalue weighted by molar-refractivity contribution is 5.73. The molecule has 2 heterocycles. The van der Waals surface area contributed by atoms with Crippen LogP contribution >= 0.6 is 0 Å². The molecule has 1 aromatic carbocycles. The maximum Gasteiger partial charge on any atom is 0.318 e. The van der Waals surface area contributed by atoms with Crippen molar-refractivity contribution in [2.24, 2.45) is 0 Å². The molecule has 3 rings (SSSR count).